The van der Waals surface area contributed by atoms with Crippen molar-refractivity contribution in [3.63, 3.8) is 0 Å². The minimum Gasteiger partial charge on any atom is -0.335 e. The number of carbonyl (C=O) groups excluding carboxylic acids is 1. The lowest BCUT2D eigenvalue weighted by Gasteiger charge is -2.39. The summed E-state index contributed by atoms with van der Waals surface area (Å²) in [4.78, 5) is 25.2. The molecule has 1 saturated heterocycles. The molecule has 2 unspecified atom stereocenters. The van der Waals surface area contributed by atoms with Gasteiger partial charge in [0.05, 0.1) is 4.92 Å². The van der Waals surface area contributed by atoms with Crippen molar-refractivity contribution in [2.45, 2.75) is 46.1 Å². The number of nitrogens with zero attached hydrogens (tertiary/aromatic N) is 2. The van der Waals surface area contributed by atoms with Gasteiger partial charge >= 0.3 is 0 Å². The predicted molar refractivity (Wildman–Crippen MR) is 83.7 cm³/mol. The summed E-state index contributed by atoms with van der Waals surface area (Å²) in [6.45, 7) is 7.53. The zero-order valence-corrected chi connectivity index (χ0v) is 13.3. The Bertz CT molecular complexity index is 641. The van der Waals surface area contributed by atoms with E-state index >= 15 is 0 Å². The Morgan fingerprint density at radius 1 is 1.32 bits per heavy atom. The van der Waals surface area contributed by atoms with Crippen LogP contribution in [0, 0.1) is 20.9 Å². The molecule has 1 aliphatic carbocycles. The highest BCUT2D eigenvalue weighted by molar-refractivity contribution is 5.95. The minimum atomic E-state index is -0.455. The average Bonchev–Trinajstić information content (AvgIpc) is 2.67. The summed E-state index contributed by atoms with van der Waals surface area (Å²) in [5.74, 6) is -0.0740. The summed E-state index contributed by atoms with van der Waals surface area (Å²) in [7, 11) is 0. The topological polar surface area (TPSA) is 63.5 Å². The molecular weight excluding hydrogens is 280 g/mol. The molecule has 0 aromatic heterocycles. The quantitative estimate of drug-likeness (QED) is 0.619. The van der Waals surface area contributed by atoms with Crippen molar-refractivity contribution >= 4 is 11.6 Å². The number of benzene rings is 1. The van der Waals surface area contributed by atoms with Gasteiger partial charge in [-0.1, -0.05) is 26.8 Å². The van der Waals surface area contributed by atoms with Gasteiger partial charge in [-0.05, 0) is 36.2 Å². The van der Waals surface area contributed by atoms with Crippen LogP contribution in [0.25, 0.3) is 0 Å². The second kappa shape index (κ2) is 4.80. The summed E-state index contributed by atoms with van der Waals surface area (Å²) in [6, 6.07) is 6.31. The van der Waals surface area contributed by atoms with Crippen LogP contribution in [-0.4, -0.2) is 28.3 Å². The van der Waals surface area contributed by atoms with E-state index in [1.807, 2.05) is 4.90 Å². The van der Waals surface area contributed by atoms with E-state index in [4.69, 9.17) is 0 Å². The molecule has 1 aliphatic heterocycles. The fraction of sp³-hybridized carbons (Fsp3) is 0.588. The minimum absolute atomic E-state index is 0.0282. The summed E-state index contributed by atoms with van der Waals surface area (Å²) in [6.07, 6.45) is 3.16. The van der Waals surface area contributed by atoms with E-state index in [0.717, 1.165) is 25.8 Å². The van der Waals surface area contributed by atoms with Gasteiger partial charge in [0.15, 0.2) is 0 Å². The van der Waals surface area contributed by atoms with Crippen LogP contribution in [0.2, 0.25) is 0 Å². The van der Waals surface area contributed by atoms with E-state index in [-0.39, 0.29) is 28.5 Å². The number of carbonyl (C=O) groups is 1. The van der Waals surface area contributed by atoms with Crippen LogP contribution in [0.5, 0.6) is 0 Å². The number of nitro benzene ring substituents is 1. The molecule has 0 N–H and O–H groups in total. The molecule has 1 aromatic carbocycles. The van der Waals surface area contributed by atoms with E-state index in [9.17, 15) is 14.9 Å². The molecular formula is C17H22N2O3. The van der Waals surface area contributed by atoms with Gasteiger partial charge in [-0.3, -0.25) is 14.9 Å². The third-order valence-corrected chi connectivity index (χ3v) is 4.98. The van der Waals surface area contributed by atoms with Gasteiger partial charge in [-0.15, -0.1) is 0 Å². The Balaban J connectivity index is 1.87. The fourth-order valence-electron chi connectivity index (χ4n) is 4.62. The normalized spacial score (nSPS) is 29.4. The van der Waals surface area contributed by atoms with Crippen LogP contribution >= 0.6 is 0 Å². The highest BCUT2D eigenvalue weighted by Crippen LogP contribution is 2.52. The Labute approximate surface area is 130 Å². The molecule has 3 rings (SSSR count). The second-order valence-corrected chi connectivity index (χ2v) is 7.95. The van der Waals surface area contributed by atoms with Crippen molar-refractivity contribution in [1.29, 1.82) is 0 Å². The molecule has 5 heteroatoms. The van der Waals surface area contributed by atoms with Crippen LogP contribution in [-0.2, 0) is 0 Å². The number of hydrogen-bond acceptors (Lipinski definition) is 3. The SMILES string of the molecule is CC1(C)CC2CC(C)(CN2C(=O)c2cccc([N+](=O)[O-])c2)C1. The first kappa shape index (κ1) is 15.0. The molecule has 1 saturated carbocycles. The zero-order valence-electron chi connectivity index (χ0n) is 13.3. The lowest BCUT2D eigenvalue weighted by atomic mass is 9.65. The third kappa shape index (κ3) is 2.60. The number of hydrogen-bond donors (Lipinski definition) is 0. The molecule has 1 aromatic rings. The molecule has 5 nitrogen and oxygen atoms in total. The first-order chi connectivity index (χ1) is 10.2. The first-order valence-electron chi connectivity index (χ1n) is 7.75. The molecule has 2 atom stereocenters. The van der Waals surface area contributed by atoms with Gasteiger partial charge in [0.2, 0.25) is 0 Å². The maximum Gasteiger partial charge on any atom is 0.270 e. The van der Waals surface area contributed by atoms with Crippen molar-refractivity contribution in [2.75, 3.05) is 6.54 Å². The third-order valence-electron chi connectivity index (χ3n) is 4.98. The first-order valence-corrected chi connectivity index (χ1v) is 7.75. The standard InChI is InChI=1S/C17H22N2O3/c1-16(2)8-14-9-17(3,10-16)11-18(14)15(20)12-5-4-6-13(7-12)19(21)22/h4-7,14H,8-11H2,1-3H3. The van der Waals surface area contributed by atoms with Gasteiger partial charge in [-0.2, -0.15) is 0 Å². The maximum atomic E-state index is 12.8. The van der Waals surface area contributed by atoms with Crippen LogP contribution in [0.4, 0.5) is 5.69 Å². The summed E-state index contributed by atoms with van der Waals surface area (Å²) in [5, 5.41) is 10.9. The molecule has 22 heavy (non-hydrogen) atoms. The Hall–Kier alpha value is -1.91. The van der Waals surface area contributed by atoms with Gasteiger partial charge in [0.25, 0.3) is 11.6 Å². The molecule has 1 amide bonds. The van der Waals surface area contributed by atoms with Crippen LogP contribution in [0.15, 0.2) is 24.3 Å². The number of nitro groups is 1. The highest BCUT2D eigenvalue weighted by Gasteiger charge is 2.51. The van der Waals surface area contributed by atoms with E-state index in [1.54, 1.807) is 12.1 Å². The summed E-state index contributed by atoms with van der Waals surface area (Å²) < 4.78 is 0. The predicted octanol–water partition coefficient (Wildman–Crippen LogP) is 3.64. The Morgan fingerprint density at radius 2 is 2.05 bits per heavy atom. The van der Waals surface area contributed by atoms with Crippen molar-refractivity contribution in [3.8, 4) is 0 Å². The lowest BCUT2D eigenvalue weighted by Crippen LogP contribution is -2.37. The van der Waals surface area contributed by atoms with E-state index in [2.05, 4.69) is 20.8 Å². The van der Waals surface area contributed by atoms with Gasteiger partial charge in [0.1, 0.15) is 0 Å². The number of rotatable bonds is 2. The fourth-order valence-corrected chi connectivity index (χ4v) is 4.62. The Kier molecular flexibility index (Phi) is 3.27. The smallest absolute Gasteiger partial charge is 0.270 e. The molecule has 2 bridgehead atoms. The van der Waals surface area contributed by atoms with Crippen LogP contribution < -0.4 is 0 Å². The molecule has 118 valence electrons. The Morgan fingerprint density at radius 3 is 2.73 bits per heavy atom. The van der Waals surface area contributed by atoms with Gasteiger partial charge < -0.3 is 4.90 Å². The van der Waals surface area contributed by atoms with Crippen molar-refractivity contribution in [2.24, 2.45) is 10.8 Å². The zero-order chi connectivity index (χ0) is 16.1. The lowest BCUT2D eigenvalue weighted by molar-refractivity contribution is -0.384. The number of non-ortho nitro benzene ring substituents is 1. The molecule has 1 heterocycles. The average molecular weight is 302 g/mol. The van der Waals surface area contributed by atoms with E-state index in [0.29, 0.717) is 5.56 Å². The van der Waals surface area contributed by atoms with Crippen molar-refractivity contribution in [1.82, 2.24) is 4.90 Å². The maximum absolute atomic E-state index is 12.8. The second-order valence-electron chi connectivity index (χ2n) is 7.95. The number of amides is 1. The highest BCUT2D eigenvalue weighted by atomic mass is 16.6. The van der Waals surface area contributed by atoms with E-state index in [1.165, 1.54) is 12.1 Å². The van der Waals surface area contributed by atoms with Crippen LogP contribution in [0.3, 0.4) is 0 Å². The molecule has 2 fully saturated rings. The molecule has 0 spiro atoms. The molecule has 2 aliphatic rings. The van der Waals surface area contributed by atoms with Crippen molar-refractivity contribution in [3.05, 3.63) is 39.9 Å². The number of fused-ring (bicyclic) bond motifs is 2. The van der Waals surface area contributed by atoms with Gasteiger partial charge in [0, 0.05) is 30.3 Å². The summed E-state index contributed by atoms with van der Waals surface area (Å²) >= 11 is 0. The molecule has 0 radical (unpaired) electrons. The summed E-state index contributed by atoms with van der Waals surface area (Å²) in [5.41, 5.74) is 0.806. The van der Waals surface area contributed by atoms with Crippen LogP contribution in [0.1, 0.15) is 50.4 Å². The largest absolute Gasteiger partial charge is 0.335 e. The van der Waals surface area contributed by atoms with Gasteiger partial charge in [-0.25, -0.2) is 0 Å². The monoisotopic (exact) mass is 302 g/mol. The number of likely N-dealkylation sites (tertiary alicyclic amines) is 1. The van der Waals surface area contributed by atoms with E-state index < -0.39 is 4.92 Å². The van der Waals surface area contributed by atoms with Crippen molar-refractivity contribution < 1.29 is 9.72 Å².